The molecule has 2 amide bonds. The minimum Gasteiger partial charge on any atom is -0.451 e. The van der Waals surface area contributed by atoms with Crippen molar-refractivity contribution in [2.45, 2.75) is 6.42 Å². The maximum absolute atomic E-state index is 12.1. The molecule has 2 N–H and O–H groups in total. The van der Waals surface area contributed by atoms with E-state index in [1.165, 1.54) is 6.07 Å². The second kappa shape index (κ2) is 6.89. The molecule has 0 spiro atoms. The van der Waals surface area contributed by atoms with Crippen LogP contribution >= 0.6 is 11.6 Å². The Morgan fingerprint density at radius 2 is 1.88 bits per heavy atom. The van der Waals surface area contributed by atoms with Crippen LogP contribution in [0.2, 0.25) is 5.02 Å². The number of sulfone groups is 1. The molecule has 2 aromatic rings. The summed E-state index contributed by atoms with van der Waals surface area (Å²) >= 11 is 6.08. The van der Waals surface area contributed by atoms with Crippen LogP contribution in [0.3, 0.4) is 0 Å². The molecule has 1 atom stereocenters. The highest BCUT2D eigenvalue weighted by atomic mass is 35.5. The number of furan rings is 1. The summed E-state index contributed by atoms with van der Waals surface area (Å²) in [6.45, 7) is 0. The minimum absolute atomic E-state index is 0.00531. The first kappa shape index (κ1) is 17.5. The largest absolute Gasteiger partial charge is 0.451 e. The van der Waals surface area contributed by atoms with Crippen LogP contribution in [-0.2, 0) is 14.6 Å². The molecule has 1 fully saturated rings. The molecular formula is C16H15ClN2O5S. The van der Waals surface area contributed by atoms with Crippen molar-refractivity contribution < 1.29 is 22.4 Å². The minimum atomic E-state index is -3.17. The van der Waals surface area contributed by atoms with Crippen molar-refractivity contribution in [2.24, 2.45) is 5.92 Å². The fourth-order valence-electron chi connectivity index (χ4n) is 2.55. The quantitative estimate of drug-likeness (QED) is 0.787. The number of nitrogens with one attached hydrogen (secondary N) is 2. The summed E-state index contributed by atoms with van der Waals surface area (Å²) in [4.78, 5) is 24.0. The molecule has 0 unspecified atom stereocenters. The summed E-state index contributed by atoms with van der Waals surface area (Å²) in [5.41, 5.74) is 5.10. The molecule has 132 valence electrons. The standard InChI is InChI=1S/C16H15ClN2O5S/c17-12-4-2-1-3-11(12)13-5-6-14(24-13)16(21)19-18-15(20)10-7-8-25(22,23)9-10/h1-6,10H,7-9H2,(H,18,20)(H,19,21)/t10-/m0/s1. The van der Waals surface area contributed by atoms with E-state index in [1.54, 1.807) is 30.3 Å². The van der Waals surface area contributed by atoms with Gasteiger partial charge in [-0.3, -0.25) is 20.4 Å². The smallest absolute Gasteiger partial charge is 0.305 e. The Morgan fingerprint density at radius 1 is 1.12 bits per heavy atom. The molecule has 0 radical (unpaired) electrons. The fourth-order valence-corrected chi connectivity index (χ4v) is 4.52. The first-order valence-electron chi connectivity index (χ1n) is 7.51. The van der Waals surface area contributed by atoms with Crippen LogP contribution in [0.5, 0.6) is 0 Å². The highest BCUT2D eigenvalue weighted by Crippen LogP contribution is 2.28. The van der Waals surface area contributed by atoms with E-state index in [-0.39, 0.29) is 23.7 Å². The normalized spacial score (nSPS) is 18.7. The maximum atomic E-state index is 12.1. The predicted molar refractivity (Wildman–Crippen MR) is 91.5 cm³/mol. The SMILES string of the molecule is O=C(NNC(=O)[C@H]1CCS(=O)(=O)C1)c1ccc(-c2ccccc2Cl)o1. The summed E-state index contributed by atoms with van der Waals surface area (Å²) in [6, 6.07) is 10.1. The number of hydrogen-bond acceptors (Lipinski definition) is 5. The van der Waals surface area contributed by atoms with E-state index in [0.29, 0.717) is 16.3 Å². The van der Waals surface area contributed by atoms with Crippen molar-refractivity contribution in [2.75, 3.05) is 11.5 Å². The van der Waals surface area contributed by atoms with E-state index in [9.17, 15) is 18.0 Å². The molecule has 3 rings (SSSR count). The van der Waals surface area contributed by atoms with Crippen molar-refractivity contribution >= 4 is 33.3 Å². The fraction of sp³-hybridized carbons (Fsp3) is 0.250. The van der Waals surface area contributed by atoms with Crippen molar-refractivity contribution in [1.29, 1.82) is 0 Å². The number of rotatable bonds is 3. The van der Waals surface area contributed by atoms with E-state index >= 15 is 0 Å². The topological polar surface area (TPSA) is 105 Å². The zero-order valence-corrected chi connectivity index (χ0v) is 14.6. The molecular weight excluding hydrogens is 368 g/mol. The van der Waals surface area contributed by atoms with Gasteiger partial charge >= 0.3 is 5.91 Å². The lowest BCUT2D eigenvalue weighted by atomic mass is 10.1. The average molecular weight is 383 g/mol. The van der Waals surface area contributed by atoms with Crippen LogP contribution in [-0.4, -0.2) is 31.7 Å². The monoisotopic (exact) mass is 382 g/mol. The molecule has 1 aliphatic rings. The first-order valence-corrected chi connectivity index (χ1v) is 9.71. The Bertz CT molecular complexity index is 922. The lowest BCUT2D eigenvalue weighted by molar-refractivity contribution is -0.125. The lowest BCUT2D eigenvalue weighted by Gasteiger charge is -2.09. The third kappa shape index (κ3) is 4.02. The Balaban J connectivity index is 1.61. The van der Waals surface area contributed by atoms with E-state index < -0.39 is 27.6 Å². The number of carbonyl (C=O) groups excluding carboxylic acids is 2. The number of benzene rings is 1. The molecule has 0 bridgehead atoms. The molecule has 9 heteroatoms. The van der Waals surface area contributed by atoms with Gasteiger partial charge in [0.1, 0.15) is 5.76 Å². The van der Waals surface area contributed by atoms with Gasteiger partial charge in [0.25, 0.3) is 0 Å². The zero-order chi connectivity index (χ0) is 18.0. The van der Waals surface area contributed by atoms with Gasteiger partial charge in [0.05, 0.1) is 22.4 Å². The average Bonchev–Trinajstić information content (AvgIpc) is 3.19. The van der Waals surface area contributed by atoms with Crippen LogP contribution in [0.25, 0.3) is 11.3 Å². The molecule has 1 aliphatic heterocycles. The van der Waals surface area contributed by atoms with Crippen LogP contribution in [0.15, 0.2) is 40.8 Å². The van der Waals surface area contributed by atoms with Gasteiger partial charge in [0, 0.05) is 5.56 Å². The van der Waals surface area contributed by atoms with Gasteiger partial charge < -0.3 is 4.42 Å². The van der Waals surface area contributed by atoms with Gasteiger partial charge in [0.15, 0.2) is 15.6 Å². The van der Waals surface area contributed by atoms with Crippen molar-refractivity contribution in [3.8, 4) is 11.3 Å². The maximum Gasteiger partial charge on any atom is 0.305 e. The Hall–Kier alpha value is -2.32. The molecule has 1 saturated heterocycles. The molecule has 25 heavy (non-hydrogen) atoms. The number of hydrazine groups is 1. The number of carbonyl (C=O) groups is 2. The summed E-state index contributed by atoms with van der Waals surface area (Å²) < 4.78 is 28.2. The predicted octanol–water partition coefficient (Wildman–Crippen LogP) is 1.80. The van der Waals surface area contributed by atoms with Crippen molar-refractivity contribution in [3.05, 3.63) is 47.2 Å². The van der Waals surface area contributed by atoms with Gasteiger partial charge in [-0.05, 0) is 30.7 Å². The van der Waals surface area contributed by atoms with Gasteiger partial charge in [0.2, 0.25) is 5.91 Å². The molecule has 1 aromatic carbocycles. The number of halogens is 1. The van der Waals surface area contributed by atoms with Crippen LogP contribution in [0.1, 0.15) is 17.0 Å². The molecule has 0 aliphatic carbocycles. The van der Waals surface area contributed by atoms with Gasteiger partial charge in [-0.1, -0.05) is 23.7 Å². The number of hydrogen-bond donors (Lipinski definition) is 2. The van der Waals surface area contributed by atoms with E-state index in [1.807, 2.05) is 0 Å². The molecule has 7 nitrogen and oxygen atoms in total. The molecule has 1 aromatic heterocycles. The second-order valence-corrected chi connectivity index (χ2v) is 8.32. The highest BCUT2D eigenvalue weighted by molar-refractivity contribution is 7.91. The van der Waals surface area contributed by atoms with Crippen molar-refractivity contribution in [3.63, 3.8) is 0 Å². The Kier molecular flexibility index (Phi) is 4.82. The Morgan fingerprint density at radius 3 is 2.56 bits per heavy atom. The van der Waals surface area contributed by atoms with Gasteiger partial charge in [-0.15, -0.1) is 0 Å². The lowest BCUT2D eigenvalue weighted by Crippen LogP contribution is -2.44. The zero-order valence-electron chi connectivity index (χ0n) is 13.0. The summed E-state index contributed by atoms with van der Waals surface area (Å²) in [5, 5.41) is 0.486. The van der Waals surface area contributed by atoms with E-state index in [2.05, 4.69) is 10.9 Å². The van der Waals surface area contributed by atoms with Crippen LogP contribution < -0.4 is 10.9 Å². The van der Waals surface area contributed by atoms with Crippen LogP contribution in [0, 0.1) is 5.92 Å². The summed E-state index contributed by atoms with van der Waals surface area (Å²) in [6.07, 6.45) is 0.251. The third-order valence-corrected chi connectivity index (χ3v) is 5.97. The first-order chi connectivity index (χ1) is 11.9. The number of amides is 2. The Labute approximate surface area is 149 Å². The highest BCUT2D eigenvalue weighted by Gasteiger charge is 2.33. The van der Waals surface area contributed by atoms with Gasteiger partial charge in [-0.25, -0.2) is 8.42 Å². The summed E-state index contributed by atoms with van der Waals surface area (Å²) in [7, 11) is -3.17. The summed E-state index contributed by atoms with van der Waals surface area (Å²) in [5.74, 6) is -1.64. The van der Waals surface area contributed by atoms with E-state index in [0.717, 1.165) is 0 Å². The van der Waals surface area contributed by atoms with Crippen LogP contribution in [0.4, 0.5) is 0 Å². The molecule has 2 heterocycles. The van der Waals surface area contributed by atoms with Crippen molar-refractivity contribution in [1.82, 2.24) is 10.9 Å². The molecule has 0 saturated carbocycles. The third-order valence-electron chi connectivity index (χ3n) is 3.87. The van der Waals surface area contributed by atoms with Gasteiger partial charge in [-0.2, -0.15) is 0 Å². The second-order valence-electron chi connectivity index (χ2n) is 5.69. The van der Waals surface area contributed by atoms with E-state index in [4.69, 9.17) is 16.0 Å².